The number of aromatic hydroxyl groups is 1. The molecule has 1 aromatic rings. The number of methoxy groups -OCH3 is 2. The van der Waals surface area contributed by atoms with Crippen LogP contribution >= 0.6 is 0 Å². The molecule has 0 radical (unpaired) electrons. The van der Waals surface area contributed by atoms with Crippen molar-refractivity contribution in [2.24, 2.45) is 0 Å². The van der Waals surface area contributed by atoms with E-state index >= 15 is 0 Å². The summed E-state index contributed by atoms with van der Waals surface area (Å²) in [4.78, 5) is 11.5. The zero-order valence-corrected chi connectivity index (χ0v) is 11.8. The normalized spacial score (nSPS) is 15.9. The van der Waals surface area contributed by atoms with Gasteiger partial charge in [-0.3, -0.25) is 0 Å². The van der Waals surface area contributed by atoms with Crippen LogP contribution in [0.4, 0.5) is 0 Å². The van der Waals surface area contributed by atoms with Crippen LogP contribution in [0.5, 0.6) is 17.2 Å². The Morgan fingerprint density at radius 2 is 1.85 bits per heavy atom. The van der Waals surface area contributed by atoms with Gasteiger partial charge in [-0.05, 0) is 24.8 Å². The van der Waals surface area contributed by atoms with Crippen LogP contribution in [0.1, 0.15) is 53.9 Å². The molecule has 2 rings (SSSR count). The van der Waals surface area contributed by atoms with E-state index in [9.17, 15) is 15.0 Å². The number of phenols is 1. The average Bonchev–Trinajstić information content (AvgIpc) is 2.47. The molecule has 0 aliphatic heterocycles. The molecule has 20 heavy (non-hydrogen) atoms. The van der Waals surface area contributed by atoms with Crippen molar-refractivity contribution in [1.82, 2.24) is 0 Å². The summed E-state index contributed by atoms with van der Waals surface area (Å²) in [5.74, 6) is -0.684. The summed E-state index contributed by atoms with van der Waals surface area (Å²) in [5.41, 5.74) is 0.751. The number of aromatic carboxylic acids is 1. The molecule has 1 saturated carbocycles. The molecule has 5 heteroatoms. The Morgan fingerprint density at radius 1 is 1.20 bits per heavy atom. The monoisotopic (exact) mass is 280 g/mol. The second-order valence-electron chi connectivity index (χ2n) is 5.06. The molecule has 0 unspecified atom stereocenters. The number of hydrogen-bond acceptors (Lipinski definition) is 4. The number of hydrogen-bond donors (Lipinski definition) is 2. The molecule has 0 amide bonds. The fourth-order valence-corrected chi connectivity index (χ4v) is 2.97. The third-order valence-corrected chi connectivity index (χ3v) is 3.93. The van der Waals surface area contributed by atoms with E-state index in [4.69, 9.17) is 9.47 Å². The summed E-state index contributed by atoms with van der Waals surface area (Å²) in [6, 6.07) is 1.38. The summed E-state index contributed by atoms with van der Waals surface area (Å²) >= 11 is 0. The van der Waals surface area contributed by atoms with Crippen molar-refractivity contribution in [1.29, 1.82) is 0 Å². The second-order valence-corrected chi connectivity index (χ2v) is 5.06. The maximum atomic E-state index is 11.5. The third kappa shape index (κ3) is 2.53. The largest absolute Gasteiger partial charge is 0.502 e. The topological polar surface area (TPSA) is 76.0 Å². The summed E-state index contributed by atoms with van der Waals surface area (Å²) in [5, 5.41) is 19.6. The van der Waals surface area contributed by atoms with Gasteiger partial charge in [0.25, 0.3) is 0 Å². The Balaban J connectivity index is 2.61. The van der Waals surface area contributed by atoms with Crippen molar-refractivity contribution in [3.05, 3.63) is 17.2 Å². The van der Waals surface area contributed by atoms with Crippen molar-refractivity contribution < 1.29 is 24.5 Å². The summed E-state index contributed by atoms with van der Waals surface area (Å²) in [6.07, 6.45) is 5.15. The number of phenolic OH excluding ortho intramolecular Hbond substituents is 1. The van der Waals surface area contributed by atoms with Gasteiger partial charge in [-0.15, -0.1) is 0 Å². The van der Waals surface area contributed by atoms with Crippen LogP contribution in [0.2, 0.25) is 0 Å². The minimum atomic E-state index is -1.03. The van der Waals surface area contributed by atoms with E-state index in [-0.39, 0.29) is 28.7 Å². The predicted octanol–water partition coefficient (Wildman–Crippen LogP) is 3.16. The maximum Gasteiger partial charge on any atom is 0.336 e. The van der Waals surface area contributed by atoms with Crippen LogP contribution in [0.3, 0.4) is 0 Å². The first-order chi connectivity index (χ1) is 9.60. The first-order valence-electron chi connectivity index (χ1n) is 6.81. The lowest BCUT2D eigenvalue weighted by Gasteiger charge is -2.26. The van der Waals surface area contributed by atoms with Crippen molar-refractivity contribution in [2.45, 2.75) is 38.0 Å². The van der Waals surface area contributed by atoms with Crippen molar-refractivity contribution in [3.8, 4) is 17.2 Å². The molecule has 0 saturated heterocycles. The summed E-state index contributed by atoms with van der Waals surface area (Å²) in [7, 11) is 2.83. The summed E-state index contributed by atoms with van der Waals surface area (Å²) < 4.78 is 10.3. The zero-order chi connectivity index (χ0) is 14.7. The number of carbonyl (C=O) groups is 1. The standard InChI is InChI=1S/C15H20O5/c1-19-11-8-10(15(17)18)12(14(20-2)13(11)16)9-6-4-3-5-7-9/h8-9,16H,3-7H2,1-2H3,(H,17,18). The first-order valence-corrected chi connectivity index (χ1v) is 6.81. The van der Waals surface area contributed by atoms with Gasteiger partial charge in [0.1, 0.15) is 0 Å². The zero-order valence-electron chi connectivity index (χ0n) is 11.8. The van der Waals surface area contributed by atoms with Gasteiger partial charge in [0.2, 0.25) is 5.75 Å². The van der Waals surface area contributed by atoms with Crippen molar-refractivity contribution in [2.75, 3.05) is 14.2 Å². The molecule has 110 valence electrons. The lowest BCUT2D eigenvalue weighted by Crippen LogP contribution is -2.13. The quantitative estimate of drug-likeness (QED) is 0.886. The molecule has 1 fully saturated rings. The molecule has 0 atom stereocenters. The fourth-order valence-electron chi connectivity index (χ4n) is 2.97. The van der Waals surface area contributed by atoms with Crippen LogP contribution in [0.25, 0.3) is 0 Å². The maximum absolute atomic E-state index is 11.5. The van der Waals surface area contributed by atoms with Gasteiger partial charge < -0.3 is 19.7 Å². The lowest BCUT2D eigenvalue weighted by atomic mass is 9.81. The lowest BCUT2D eigenvalue weighted by molar-refractivity contribution is 0.0693. The van der Waals surface area contributed by atoms with E-state index in [0.717, 1.165) is 25.7 Å². The Hall–Kier alpha value is -1.91. The van der Waals surface area contributed by atoms with Gasteiger partial charge in [-0.25, -0.2) is 4.79 Å². The summed E-state index contributed by atoms with van der Waals surface area (Å²) in [6.45, 7) is 0. The van der Waals surface area contributed by atoms with Crippen LogP contribution in [-0.4, -0.2) is 30.4 Å². The molecule has 0 aromatic heterocycles. The number of benzene rings is 1. The number of rotatable bonds is 4. The van der Waals surface area contributed by atoms with Gasteiger partial charge in [0, 0.05) is 5.56 Å². The second kappa shape index (κ2) is 6.03. The molecule has 5 nitrogen and oxygen atoms in total. The number of ether oxygens (including phenoxy) is 2. The Bertz CT molecular complexity index is 503. The average molecular weight is 280 g/mol. The molecule has 0 spiro atoms. The molecule has 1 aromatic carbocycles. The van der Waals surface area contributed by atoms with Gasteiger partial charge >= 0.3 is 5.97 Å². The molecular weight excluding hydrogens is 260 g/mol. The van der Waals surface area contributed by atoms with E-state index < -0.39 is 5.97 Å². The molecule has 2 N–H and O–H groups in total. The minimum Gasteiger partial charge on any atom is -0.502 e. The van der Waals surface area contributed by atoms with E-state index in [1.807, 2.05) is 0 Å². The smallest absolute Gasteiger partial charge is 0.336 e. The van der Waals surface area contributed by atoms with Gasteiger partial charge in [0.15, 0.2) is 11.5 Å². The third-order valence-electron chi connectivity index (χ3n) is 3.93. The highest BCUT2D eigenvalue weighted by Gasteiger charge is 2.29. The molecule has 1 aliphatic carbocycles. The van der Waals surface area contributed by atoms with Gasteiger partial charge in [0.05, 0.1) is 19.8 Å². The fraction of sp³-hybridized carbons (Fsp3) is 0.533. The SMILES string of the molecule is COc1cc(C(=O)O)c(C2CCCCC2)c(OC)c1O. The Kier molecular flexibility index (Phi) is 4.37. The van der Waals surface area contributed by atoms with Crippen molar-refractivity contribution in [3.63, 3.8) is 0 Å². The van der Waals surface area contributed by atoms with E-state index in [2.05, 4.69) is 0 Å². The van der Waals surface area contributed by atoms with Crippen LogP contribution in [0.15, 0.2) is 6.07 Å². The first kappa shape index (κ1) is 14.5. The van der Waals surface area contributed by atoms with Crippen LogP contribution in [0, 0.1) is 0 Å². The molecule has 0 heterocycles. The number of carboxylic acid groups (broad SMARTS) is 1. The Labute approximate surface area is 118 Å². The minimum absolute atomic E-state index is 0.113. The van der Waals surface area contributed by atoms with Crippen molar-refractivity contribution >= 4 is 5.97 Å². The number of carboxylic acids is 1. The predicted molar refractivity (Wildman–Crippen MR) is 74.0 cm³/mol. The van der Waals surface area contributed by atoms with E-state index in [1.165, 1.54) is 26.7 Å². The van der Waals surface area contributed by atoms with Crippen LogP contribution in [-0.2, 0) is 0 Å². The highest BCUT2D eigenvalue weighted by atomic mass is 16.5. The molecule has 0 bridgehead atoms. The Morgan fingerprint density at radius 3 is 2.35 bits per heavy atom. The van der Waals surface area contributed by atoms with Gasteiger partial charge in [-0.1, -0.05) is 19.3 Å². The molecule has 1 aliphatic rings. The van der Waals surface area contributed by atoms with E-state index in [1.54, 1.807) is 0 Å². The van der Waals surface area contributed by atoms with E-state index in [0.29, 0.717) is 5.56 Å². The molecular formula is C15H20O5. The van der Waals surface area contributed by atoms with Gasteiger partial charge in [-0.2, -0.15) is 0 Å². The van der Waals surface area contributed by atoms with Crippen LogP contribution < -0.4 is 9.47 Å². The highest BCUT2D eigenvalue weighted by molar-refractivity contribution is 5.92. The highest BCUT2D eigenvalue weighted by Crippen LogP contribution is 2.47.